The molecule has 0 aromatic heterocycles. The highest BCUT2D eigenvalue weighted by atomic mass is 19.1. The van der Waals surface area contributed by atoms with Crippen LogP contribution in [0.15, 0.2) is 42.5 Å². The van der Waals surface area contributed by atoms with Crippen molar-refractivity contribution in [1.82, 2.24) is 0 Å². The molecule has 100 valence electrons. The van der Waals surface area contributed by atoms with Crippen LogP contribution in [0.3, 0.4) is 0 Å². The molecule has 2 nitrogen and oxygen atoms in total. The highest BCUT2D eigenvalue weighted by Crippen LogP contribution is 2.20. The predicted molar refractivity (Wildman–Crippen MR) is 78.7 cm³/mol. The first-order valence-corrected chi connectivity index (χ1v) is 6.45. The average Bonchev–Trinajstić information content (AvgIpc) is 2.40. The fourth-order valence-electron chi connectivity index (χ4n) is 2.07. The number of hydrogen-bond acceptors (Lipinski definition) is 2. The molecule has 0 heterocycles. The zero-order valence-corrected chi connectivity index (χ0v) is 11.4. The van der Waals surface area contributed by atoms with Gasteiger partial charge in [-0.15, -0.1) is 0 Å². The van der Waals surface area contributed by atoms with Crippen molar-refractivity contribution in [3.05, 3.63) is 59.4 Å². The minimum Gasteiger partial charge on any atom is -0.399 e. The number of halogens is 1. The molecule has 0 amide bonds. The molecule has 2 aromatic rings. The summed E-state index contributed by atoms with van der Waals surface area (Å²) < 4.78 is 13.3. The summed E-state index contributed by atoms with van der Waals surface area (Å²) in [5.41, 5.74) is 9.83. The Hall–Kier alpha value is -2.03. The van der Waals surface area contributed by atoms with Gasteiger partial charge in [0.1, 0.15) is 5.82 Å². The van der Waals surface area contributed by atoms with Gasteiger partial charge >= 0.3 is 0 Å². The molecule has 0 aliphatic heterocycles. The van der Waals surface area contributed by atoms with Crippen LogP contribution in [-0.2, 0) is 6.54 Å². The summed E-state index contributed by atoms with van der Waals surface area (Å²) in [5, 5.41) is 0. The van der Waals surface area contributed by atoms with Crippen LogP contribution in [0.2, 0.25) is 0 Å². The number of aryl methyl sites for hydroxylation is 1. The summed E-state index contributed by atoms with van der Waals surface area (Å²) in [6, 6.07) is 12.7. The van der Waals surface area contributed by atoms with E-state index in [-0.39, 0.29) is 5.82 Å². The number of benzene rings is 2. The average molecular weight is 258 g/mol. The van der Waals surface area contributed by atoms with E-state index in [0.29, 0.717) is 0 Å². The van der Waals surface area contributed by atoms with Gasteiger partial charge in [-0.25, -0.2) is 4.39 Å². The predicted octanol–water partition coefficient (Wildman–Crippen LogP) is 3.74. The van der Waals surface area contributed by atoms with E-state index < -0.39 is 0 Å². The second-order valence-corrected chi connectivity index (χ2v) is 4.68. The van der Waals surface area contributed by atoms with E-state index >= 15 is 0 Å². The number of nitrogens with zero attached hydrogens (tertiary/aromatic N) is 1. The van der Waals surface area contributed by atoms with Crippen molar-refractivity contribution >= 4 is 11.4 Å². The SMILES string of the molecule is CCN(Cc1ccc(C)c(N)c1)c1cccc(F)c1. The quantitative estimate of drug-likeness (QED) is 0.846. The van der Waals surface area contributed by atoms with E-state index in [1.54, 1.807) is 12.1 Å². The Morgan fingerprint density at radius 2 is 1.95 bits per heavy atom. The van der Waals surface area contributed by atoms with E-state index in [0.717, 1.165) is 35.6 Å². The molecule has 2 aromatic carbocycles. The molecule has 0 saturated heterocycles. The van der Waals surface area contributed by atoms with Gasteiger partial charge in [-0.2, -0.15) is 0 Å². The van der Waals surface area contributed by atoms with Crippen LogP contribution < -0.4 is 10.6 Å². The summed E-state index contributed by atoms with van der Waals surface area (Å²) >= 11 is 0. The summed E-state index contributed by atoms with van der Waals surface area (Å²) in [5.74, 6) is -0.209. The van der Waals surface area contributed by atoms with E-state index in [9.17, 15) is 4.39 Å². The Morgan fingerprint density at radius 3 is 2.58 bits per heavy atom. The molecule has 19 heavy (non-hydrogen) atoms. The molecule has 0 spiro atoms. The van der Waals surface area contributed by atoms with Crippen LogP contribution in [-0.4, -0.2) is 6.54 Å². The molecule has 0 bridgehead atoms. The summed E-state index contributed by atoms with van der Waals surface area (Å²) in [6.07, 6.45) is 0. The highest BCUT2D eigenvalue weighted by Gasteiger charge is 2.07. The molecule has 0 saturated carbocycles. The zero-order chi connectivity index (χ0) is 13.8. The zero-order valence-electron chi connectivity index (χ0n) is 11.4. The third kappa shape index (κ3) is 3.25. The highest BCUT2D eigenvalue weighted by molar-refractivity contribution is 5.51. The van der Waals surface area contributed by atoms with Crippen molar-refractivity contribution in [2.24, 2.45) is 0 Å². The number of anilines is 2. The van der Waals surface area contributed by atoms with Crippen LogP contribution in [0.1, 0.15) is 18.1 Å². The minimum absolute atomic E-state index is 0.209. The molecule has 0 aliphatic rings. The van der Waals surface area contributed by atoms with Gasteiger partial charge in [0.25, 0.3) is 0 Å². The maximum atomic E-state index is 13.3. The Morgan fingerprint density at radius 1 is 1.16 bits per heavy atom. The maximum Gasteiger partial charge on any atom is 0.125 e. The van der Waals surface area contributed by atoms with E-state index in [4.69, 9.17) is 5.73 Å². The molecule has 2 rings (SSSR count). The Labute approximate surface area is 113 Å². The number of hydrogen-bond donors (Lipinski definition) is 1. The largest absolute Gasteiger partial charge is 0.399 e. The number of nitrogens with two attached hydrogens (primary N) is 1. The lowest BCUT2D eigenvalue weighted by molar-refractivity contribution is 0.626. The van der Waals surface area contributed by atoms with Gasteiger partial charge in [0.15, 0.2) is 0 Å². The van der Waals surface area contributed by atoms with Crippen LogP contribution >= 0.6 is 0 Å². The van der Waals surface area contributed by atoms with Gasteiger partial charge in [-0.3, -0.25) is 0 Å². The van der Waals surface area contributed by atoms with Crippen LogP contribution in [0.4, 0.5) is 15.8 Å². The van der Waals surface area contributed by atoms with Crippen molar-refractivity contribution < 1.29 is 4.39 Å². The number of nitrogen functional groups attached to an aromatic ring is 1. The molecule has 0 unspecified atom stereocenters. The first-order valence-electron chi connectivity index (χ1n) is 6.45. The fourth-order valence-corrected chi connectivity index (χ4v) is 2.07. The van der Waals surface area contributed by atoms with E-state index in [1.165, 1.54) is 6.07 Å². The van der Waals surface area contributed by atoms with Crippen LogP contribution in [0.5, 0.6) is 0 Å². The van der Waals surface area contributed by atoms with Gasteiger partial charge in [-0.1, -0.05) is 18.2 Å². The maximum absolute atomic E-state index is 13.3. The lowest BCUT2D eigenvalue weighted by Crippen LogP contribution is -2.22. The van der Waals surface area contributed by atoms with Gasteiger partial charge in [0, 0.05) is 24.5 Å². The summed E-state index contributed by atoms with van der Waals surface area (Å²) in [6.45, 7) is 5.59. The molecule has 0 atom stereocenters. The van der Waals surface area contributed by atoms with Crippen LogP contribution in [0, 0.1) is 12.7 Å². The normalized spacial score (nSPS) is 10.5. The van der Waals surface area contributed by atoms with Gasteiger partial charge < -0.3 is 10.6 Å². The Bertz CT molecular complexity index is 566. The Kier molecular flexibility index (Phi) is 4.05. The first-order chi connectivity index (χ1) is 9.10. The fraction of sp³-hybridized carbons (Fsp3) is 0.250. The second-order valence-electron chi connectivity index (χ2n) is 4.68. The molecule has 0 aliphatic carbocycles. The van der Waals surface area contributed by atoms with Crippen molar-refractivity contribution in [3.63, 3.8) is 0 Å². The van der Waals surface area contributed by atoms with Gasteiger partial charge in [0.2, 0.25) is 0 Å². The standard InChI is InChI=1S/C16H19FN2/c1-3-19(15-6-4-5-14(17)10-15)11-13-8-7-12(2)16(18)9-13/h4-10H,3,11,18H2,1-2H3. The van der Waals surface area contributed by atoms with Crippen molar-refractivity contribution in [3.8, 4) is 0 Å². The molecule has 0 radical (unpaired) electrons. The molecular formula is C16H19FN2. The smallest absolute Gasteiger partial charge is 0.125 e. The van der Waals surface area contributed by atoms with Gasteiger partial charge in [-0.05, 0) is 49.2 Å². The molecular weight excluding hydrogens is 239 g/mol. The van der Waals surface area contributed by atoms with E-state index in [1.807, 2.05) is 25.1 Å². The molecule has 3 heteroatoms. The van der Waals surface area contributed by atoms with E-state index in [2.05, 4.69) is 17.9 Å². The molecule has 0 fully saturated rings. The van der Waals surface area contributed by atoms with Crippen molar-refractivity contribution in [2.45, 2.75) is 20.4 Å². The lowest BCUT2D eigenvalue weighted by atomic mass is 10.1. The third-order valence-corrected chi connectivity index (χ3v) is 3.27. The Balaban J connectivity index is 2.21. The number of rotatable bonds is 4. The summed E-state index contributed by atoms with van der Waals surface area (Å²) in [4.78, 5) is 2.12. The minimum atomic E-state index is -0.209. The molecule has 2 N–H and O–H groups in total. The van der Waals surface area contributed by atoms with Gasteiger partial charge in [0.05, 0.1) is 0 Å². The van der Waals surface area contributed by atoms with Crippen LogP contribution in [0.25, 0.3) is 0 Å². The monoisotopic (exact) mass is 258 g/mol. The summed E-state index contributed by atoms with van der Waals surface area (Å²) in [7, 11) is 0. The first kappa shape index (κ1) is 13.4. The van der Waals surface area contributed by atoms with Crippen molar-refractivity contribution in [2.75, 3.05) is 17.2 Å². The lowest BCUT2D eigenvalue weighted by Gasteiger charge is -2.23. The topological polar surface area (TPSA) is 29.3 Å². The third-order valence-electron chi connectivity index (χ3n) is 3.27. The van der Waals surface area contributed by atoms with Crippen molar-refractivity contribution in [1.29, 1.82) is 0 Å². The second kappa shape index (κ2) is 5.74.